The van der Waals surface area contributed by atoms with Crippen LogP contribution in [-0.2, 0) is 17.6 Å². The van der Waals surface area contributed by atoms with E-state index >= 15 is 0 Å². The van der Waals surface area contributed by atoms with E-state index in [1.54, 1.807) is 0 Å². The van der Waals surface area contributed by atoms with Gasteiger partial charge in [0.25, 0.3) is 0 Å². The lowest BCUT2D eigenvalue weighted by atomic mass is 10.1. The second kappa shape index (κ2) is 9.47. The van der Waals surface area contributed by atoms with Gasteiger partial charge in [0, 0.05) is 45.9 Å². The van der Waals surface area contributed by atoms with E-state index in [0.29, 0.717) is 5.04 Å². The molecule has 2 rings (SSSR count). The maximum Gasteiger partial charge on any atom is 0.191 e. The number of rotatable bonds is 8. The number of piperazine rings is 1. The third-order valence-corrected chi connectivity index (χ3v) is 10.5. The smallest absolute Gasteiger partial charge is 0.191 e. The average Bonchev–Trinajstić information content (AvgIpc) is 2.60. The molecule has 0 saturated carbocycles. The third-order valence-electron chi connectivity index (χ3n) is 5.96. The highest BCUT2D eigenvalue weighted by Crippen LogP contribution is 2.36. The standard InChI is InChI=1S/C21H38N2O2Si/c1-21(2,3)26(4,5)25-16-6-11-22-12-14-23(15-13-22)17-19-7-9-20(18-24)10-8-19/h7-10,24H,6,11-18H2,1-5H3. The Bertz CT molecular complexity index is 532. The Hall–Kier alpha value is -0.723. The van der Waals surface area contributed by atoms with Crippen molar-refractivity contribution in [3.63, 3.8) is 0 Å². The van der Waals surface area contributed by atoms with Gasteiger partial charge in [-0.15, -0.1) is 0 Å². The van der Waals surface area contributed by atoms with Gasteiger partial charge in [0.1, 0.15) is 0 Å². The lowest BCUT2D eigenvalue weighted by Gasteiger charge is -2.37. The normalized spacial score (nSPS) is 17.6. The molecule has 5 heteroatoms. The maximum absolute atomic E-state index is 9.13. The quantitative estimate of drug-likeness (QED) is 0.553. The van der Waals surface area contributed by atoms with Gasteiger partial charge >= 0.3 is 0 Å². The minimum absolute atomic E-state index is 0.123. The third kappa shape index (κ3) is 6.46. The lowest BCUT2D eigenvalue weighted by Crippen LogP contribution is -2.46. The fourth-order valence-electron chi connectivity index (χ4n) is 3.01. The van der Waals surface area contributed by atoms with Gasteiger partial charge in [0.15, 0.2) is 8.32 Å². The molecule has 0 spiro atoms. The van der Waals surface area contributed by atoms with Crippen molar-refractivity contribution in [3.8, 4) is 0 Å². The topological polar surface area (TPSA) is 35.9 Å². The summed E-state index contributed by atoms with van der Waals surface area (Å²) in [5.41, 5.74) is 2.32. The molecule has 0 aromatic heterocycles. The number of hydrogen-bond donors (Lipinski definition) is 1. The van der Waals surface area contributed by atoms with Crippen LogP contribution in [0.15, 0.2) is 24.3 Å². The highest BCUT2D eigenvalue weighted by atomic mass is 28.4. The van der Waals surface area contributed by atoms with Crippen LogP contribution in [0.4, 0.5) is 0 Å². The number of benzene rings is 1. The molecule has 1 aromatic rings. The molecule has 1 aromatic carbocycles. The molecule has 148 valence electrons. The molecule has 0 unspecified atom stereocenters. The van der Waals surface area contributed by atoms with Crippen LogP contribution >= 0.6 is 0 Å². The van der Waals surface area contributed by atoms with Gasteiger partial charge in [-0.05, 0) is 35.7 Å². The van der Waals surface area contributed by atoms with E-state index in [9.17, 15) is 0 Å². The Kier molecular flexibility index (Phi) is 7.86. The molecule has 0 atom stereocenters. The molecule has 26 heavy (non-hydrogen) atoms. The zero-order valence-corrected chi connectivity index (χ0v) is 18.4. The van der Waals surface area contributed by atoms with E-state index in [1.165, 1.54) is 5.56 Å². The molecule has 1 aliphatic heterocycles. The first-order chi connectivity index (χ1) is 12.2. The summed E-state index contributed by atoms with van der Waals surface area (Å²) >= 11 is 0. The number of aliphatic hydroxyl groups is 1. The number of nitrogens with zero attached hydrogens (tertiary/aromatic N) is 2. The summed E-state index contributed by atoms with van der Waals surface area (Å²) in [4.78, 5) is 5.09. The minimum atomic E-state index is -1.60. The molecule has 4 nitrogen and oxygen atoms in total. The first-order valence-corrected chi connectivity index (χ1v) is 12.9. The van der Waals surface area contributed by atoms with Crippen LogP contribution < -0.4 is 0 Å². The summed E-state index contributed by atoms with van der Waals surface area (Å²) in [6.07, 6.45) is 1.13. The Morgan fingerprint density at radius 3 is 2.04 bits per heavy atom. The molecular weight excluding hydrogens is 340 g/mol. The zero-order chi connectivity index (χ0) is 19.2. The van der Waals surface area contributed by atoms with Gasteiger partial charge in [-0.2, -0.15) is 0 Å². The largest absolute Gasteiger partial charge is 0.417 e. The van der Waals surface area contributed by atoms with Gasteiger partial charge in [-0.1, -0.05) is 45.0 Å². The molecule has 1 N–H and O–H groups in total. The summed E-state index contributed by atoms with van der Waals surface area (Å²) < 4.78 is 6.29. The molecule has 1 saturated heterocycles. The van der Waals surface area contributed by atoms with Crippen LogP contribution in [0, 0.1) is 0 Å². The SMILES string of the molecule is CC(C)(C)[Si](C)(C)OCCCN1CCN(Cc2ccc(CO)cc2)CC1. The highest BCUT2D eigenvalue weighted by Gasteiger charge is 2.36. The fourth-order valence-corrected chi connectivity index (χ4v) is 4.10. The van der Waals surface area contributed by atoms with E-state index in [1.807, 2.05) is 12.1 Å². The fraction of sp³-hybridized carbons (Fsp3) is 0.714. The van der Waals surface area contributed by atoms with Crippen molar-refractivity contribution in [3.05, 3.63) is 35.4 Å². The Labute approximate surface area is 161 Å². The average molecular weight is 379 g/mol. The van der Waals surface area contributed by atoms with Gasteiger partial charge in [0.05, 0.1) is 6.61 Å². The second-order valence-electron chi connectivity index (χ2n) is 9.05. The summed E-state index contributed by atoms with van der Waals surface area (Å²) in [6.45, 7) is 19.3. The summed E-state index contributed by atoms with van der Waals surface area (Å²) in [5.74, 6) is 0. The van der Waals surface area contributed by atoms with E-state index < -0.39 is 8.32 Å². The van der Waals surface area contributed by atoms with Crippen LogP contribution in [0.2, 0.25) is 18.1 Å². The molecule has 0 amide bonds. The zero-order valence-electron chi connectivity index (χ0n) is 17.4. The van der Waals surface area contributed by atoms with E-state index in [4.69, 9.17) is 9.53 Å². The van der Waals surface area contributed by atoms with Gasteiger partial charge < -0.3 is 14.4 Å². The van der Waals surface area contributed by atoms with E-state index in [-0.39, 0.29) is 6.61 Å². The first kappa shape index (κ1) is 21.6. The molecule has 1 heterocycles. The van der Waals surface area contributed by atoms with Gasteiger partial charge in [0.2, 0.25) is 0 Å². The number of hydrogen-bond acceptors (Lipinski definition) is 4. The molecular formula is C21H38N2O2Si. The van der Waals surface area contributed by atoms with Gasteiger partial charge in [-0.3, -0.25) is 4.90 Å². The molecule has 1 fully saturated rings. The Balaban J connectivity index is 1.64. The van der Waals surface area contributed by atoms with E-state index in [2.05, 4.69) is 55.8 Å². The van der Waals surface area contributed by atoms with Crippen molar-refractivity contribution in [2.75, 3.05) is 39.3 Å². The molecule has 0 radical (unpaired) electrons. The maximum atomic E-state index is 9.13. The highest BCUT2D eigenvalue weighted by molar-refractivity contribution is 6.74. The Morgan fingerprint density at radius 2 is 1.50 bits per heavy atom. The van der Waals surface area contributed by atoms with Crippen molar-refractivity contribution < 1.29 is 9.53 Å². The van der Waals surface area contributed by atoms with Gasteiger partial charge in [-0.25, -0.2) is 0 Å². The van der Waals surface area contributed by atoms with Crippen LogP contribution in [0.25, 0.3) is 0 Å². The predicted octanol–water partition coefficient (Wildman–Crippen LogP) is 3.71. The second-order valence-corrected chi connectivity index (χ2v) is 13.9. The predicted molar refractivity (Wildman–Crippen MR) is 112 cm³/mol. The molecule has 0 aliphatic carbocycles. The molecule has 0 bridgehead atoms. The van der Waals surface area contributed by atoms with Crippen molar-refractivity contribution in [2.45, 2.75) is 58.5 Å². The minimum Gasteiger partial charge on any atom is -0.417 e. The van der Waals surface area contributed by atoms with Crippen molar-refractivity contribution in [1.82, 2.24) is 9.80 Å². The lowest BCUT2D eigenvalue weighted by molar-refractivity contribution is 0.120. The van der Waals surface area contributed by atoms with E-state index in [0.717, 1.165) is 57.9 Å². The number of aliphatic hydroxyl groups excluding tert-OH is 1. The van der Waals surface area contributed by atoms with Crippen LogP contribution in [-0.4, -0.2) is 62.6 Å². The monoisotopic (exact) mass is 378 g/mol. The van der Waals surface area contributed by atoms with Crippen molar-refractivity contribution in [2.24, 2.45) is 0 Å². The summed E-state index contributed by atoms with van der Waals surface area (Å²) in [6, 6.07) is 8.31. The first-order valence-electron chi connectivity index (χ1n) is 9.98. The van der Waals surface area contributed by atoms with Crippen LogP contribution in [0.1, 0.15) is 38.3 Å². The molecule has 1 aliphatic rings. The van der Waals surface area contributed by atoms with Crippen LogP contribution in [0.3, 0.4) is 0 Å². The van der Waals surface area contributed by atoms with Crippen molar-refractivity contribution >= 4 is 8.32 Å². The van der Waals surface area contributed by atoms with Crippen LogP contribution in [0.5, 0.6) is 0 Å². The van der Waals surface area contributed by atoms with Crippen molar-refractivity contribution in [1.29, 1.82) is 0 Å². The summed E-state index contributed by atoms with van der Waals surface area (Å²) in [7, 11) is -1.60. The summed E-state index contributed by atoms with van der Waals surface area (Å²) in [5, 5.41) is 9.43. The Morgan fingerprint density at radius 1 is 0.962 bits per heavy atom.